The van der Waals surface area contributed by atoms with Crippen molar-refractivity contribution < 1.29 is 4.74 Å². The van der Waals surface area contributed by atoms with Crippen LogP contribution in [0.3, 0.4) is 0 Å². The molecule has 81 valence electrons. The Morgan fingerprint density at radius 1 is 1.33 bits per heavy atom. The predicted octanol–water partition coefficient (Wildman–Crippen LogP) is 2.15. The highest BCUT2D eigenvalue weighted by atomic mass is 16.5. The van der Waals surface area contributed by atoms with Gasteiger partial charge in [-0.25, -0.2) is 0 Å². The molecule has 1 aromatic rings. The third-order valence-corrected chi connectivity index (χ3v) is 3.22. The van der Waals surface area contributed by atoms with Crippen molar-refractivity contribution in [1.29, 1.82) is 0 Å². The molecule has 1 atom stereocenters. The van der Waals surface area contributed by atoms with Crippen LogP contribution in [0, 0.1) is 20.8 Å². The van der Waals surface area contributed by atoms with Crippen LogP contribution < -0.4 is 5.32 Å². The first-order valence-corrected chi connectivity index (χ1v) is 5.44. The van der Waals surface area contributed by atoms with Crippen LogP contribution in [0.4, 0.5) is 0 Å². The van der Waals surface area contributed by atoms with Crippen molar-refractivity contribution in [2.24, 2.45) is 0 Å². The molecular weight excluding hydrogens is 186 g/mol. The number of nitrogens with one attached hydrogen (secondary N) is 1. The lowest BCUT2D eigenvalue weighted by atomic mass is 9.95. The van der Waals surface area contributed by atoms with Crippen LogP contribution in [0.2, 0.25) is 0 Å². The van der Waals surface area contributed by atoms with Crippen molar-refractivity contribution in [3.8, 4) is 0 Å². The van der Waals surface area contributed by atoms with E-state index in [-0.39, 0.29) is 6.10 Å². The molecule has 0 spiro atoms. The van der Waals surface area contributed by atoms with Crippen LogP contribution in [0.15, 0.2) is 12.1 Å². The fourth-order valence-corrected chi connectivity index (χ4v) is 2.01. The molecule has 2 nitrogen and oxygen atoms in total. The summed E-state index contributed by atoms with van der Waals surface area (Å²) < 4.78 is 5.76. The van der Waals surface area contributed by atoms with Crippen molar-refractivity contribution >= 4 is 0 Å². The quantitative estimate of drug-likeness (QED) is 0.756. The molecule has 0 amide bonds. The van der Waals surface area contributed by atoms with Crippen molar-refractivity contribution in [3.63, 3.8) is 0 Å². The summed E-state index contributed by atoms with van der Waals surface area (Å²) in [6.45, 7) is 11.0. The number of ether oxygens (including phenoxy) is 1. The van der Waals surface area contributed by atoms with Gasteiger partial charge in [0.1, 0.15) is 0 Å². The molecule has 0 saturated carbocycles. The summed E-state index contributed by atoms with van der Waals surface area (Å²) in [5.74, 6) is 0. The number of benzene rings is 1. The molecule has 1 fully saturated rings. The molecule has 1 heterocycles. The van der Waals surface area contributed by atoms with E-state index in [4.69, 9.17) is 4.74 Å². The van der Waals surface area contributed by atoms with E-state index >= 15 is 0 Å². The van der Waals surface area contributed by atoms with E-state index in [2.05, 4.69) is 38.2 Å². The summed E-state index contributed by atoms with van der Waals surface area (Å²) in [7, 11) is 0. The number of hydrogen-bond acceptors (Lipinski definition) is 2. The van der Waals surface area contributed by atoms with Crippen LogP contribution in [0.1, 0.15) is 28.4 Å². The minimum Gasteiger partial charge on any atom is -0.371 e. The van der Waals surface area contributed by atoms with E-state index in [1.165, 1.54) is 16.7 Å². The fourth-order valence-electron chi connectivity index (χ4n) is 2.01. The Labute approximate surface area is 91.6 Å². The topological polar surface area (TPSA) is 21.3 Å². The van der Waals surface area contributed by atoms with Crippen molar-refractivity contribution in [3.05, 3.63) is 41.3 Å². The van der Waals surface area contributed by atoms with Crippen LogP contribution in [-0.4, -0.2) is 19.7 Å². The summed E-state index contributed by atoms with van der Waals surface area (Å²) in [6, 6.07) is 4.22. The molecule has 1 aromatic carbocycles. The summed E-state index contributed by atoms with van der Waals surface area (Å²) >= 11 is 0. The molecule has 1 N–H and O–H groups in total. The highest BCUT2D eigenvalue weighted by Gasteiger charge is 2.18. The molecule has 0 aliphatic carbocycles. The zero-order chi connectivity index (χ0) is 10.8. The molecule has 2 heteroatoms. The highest BCUT2D eigenvalue weighted by molar-refractivity contribution is 5.42. The fraction of sp³-hybridized carbons (Fsp3) is 0.462. The molecule has 0 aromatic heterocycles. The average molecular weight is 204 g/mol. The predicted molar refractivity (Wildman–Crippen MR) is 61.9 cm³/mol. The summed E-state index contributed by atoms with van der Waals surface area (Å²) in [4.78, 5) is 0. The van der Waals surface area contributed by atoms with Gasteiger partial charge in [-0.3, -0.25) is 0 Å². The van der Waals surface area contributed by atoms with Crippen molar-refractivity contribution in [2.75, 3.05) is 19.7 Å². The van der Waals surface area contributed by atoms with Gasteiger partial charge in [0.2, 0.25) is 0 Å². The number of rotatable bonds is 1. The molecule has 15 heavy (non-hydrogen) atoms. The van der Waals surface area contributed by atoms with Crippen LogP contribution in [0.5, 0.6) is 0 Å². The monoisotopic (exact) mass is 204 g/mol. The van der Waals surface area contributed by atoms with Gasteiger partial charge in [-0.15, -0.1) is 0 Å². The second-order valence-corrected chi connectivity index (χ2v) is 4.13. The van der Waals surface area contributed by atoms with Crippen molar-refractivity contribution in [1.82, 2.24) is 5.32 Å². The number of morpholine rings is 1. The minimum absolute atomic E-state index is 0.207. The molecule has 1 aliphatic rings. The van der Waals surface area contributed by atoms with Gasteiger partial charge in [0.25, 0.3) is 0 Å². The SMILES string of the molecule is [CH2]c1ccc(C2CNCCO2)c(C)c1C. The first-order chi connectivity index (χ1) is 7.20. The second-order valence-electron chi connectivity index (χ2n) is 4.13. The Kier molecular flexibility index (Phi) is 3.08. The van der Waals surface area contributed by atoms with Gasteiger partial charge in [0.05, 0.1) is 12.7 Å². The lowest BCUT2D eigenvalue weighted by Crippen LogP contribution is -2.33. The van der Waals surface area contributed by atoms with Gasteiger partial charge < -0.3 is 10.1 Å². The van der Waals surface area contributed by atoms with Crippen molar-refractivity contribution in [2.45, 2.75) is 20.0 Å². The summed E-state index contributed by atoms with van der Waals surface area (Å²) in [5.41, 5.74) is 5.00. The zero-order valence-electron chi connectivity index (χ0n) is 9.47. The van der Waals surface area contributed by atoms with Crippen LogP contribution in [-0.2, 0) is 4.74 Å². The highest BCUT2D eigenvalue weighted by Crippen LogP contribution is 2.25. The maximum absolute atomic E-state index is 5.76. The van der Waals surface area contributed by atoms with E-state index in [1.807, 2.05) is 0 Å². The Bertz CT molecular complexity index is 354. The molecular formula is C13H18NO. The van der Waals surface area contributed by atoms with E-state index in [0.29, 0.717) is 0 Å². The Morgan fingerprint density at radius 3 is 2.80 bits per heavy atom. The first-order valence-electron chi connectivity index (χ1n) is 5.44. The van der Waals surface area contributed by atoms with Gasteiger partial charge in [-0.2, -0.15) is 0 Å². The molecule has 1 radical (unpaired) electrons. The molecule has 0 bridgehead atoms. The molecule has 2 rings (SSSR count). The number of hydrogen-bond donors (Lipinski definition) is 1. The third-order valence-electron chi connectivity index (χ3n) is 3.22. The van der Waals surface area contributed by atoms with Gasteiger partial charge in [-0.05, 0) is 43.0 Å². The maximum atomic E-state index is 5.76. The lowest BCUT2D eigenvalue weighted by molar-refractivity contribution is 0.0273. The normalized spacial score (nSPS) is 21.7. The Morgan fingerprint density at radius 2 is 2.13 bits per heavy atom. The van der Waals surface area contributed by atoms with Gasteiger partial charge >= 0.3 is 0 Å². The Hall–Kier alpha value is -0.860. The van der Waals surface area contributed by atoms with E-state index in [9.17, 15) is 0 Å². The molecule has 1 unspecified atom stereocenters. The Balaban J connectivity index is 2.31. The second kappa shape index (κ2) is 4.33. The molecule has 1 saturated heterocycles. The van der Waals surface area contributed by atoms with Gasteiger partial charge in [0, 0.05) is 13.1 Å². The van der Waals surface area contributed by atoms with Gasteiger partial charge in [-0.1, -0.05) is 12.1 Å². The first kappa shape index (κ1) is 10.7. The third kappa shape index (κ3) is 2.06. The average Bonchev–Trinajstić information content (AvgIpc) is 2.27. The summed E-state index contributed by atoms with van der Waals surface area (Å²) in [6.07, 6.45) is 0.207. The van der Waals surface area contributed by atoms with E-state index < -0.39 is 0 Å². The van der Waals surface area contributed by atoms with Crippen LogP contribution >= 0.6 is 0 Å². The van der Waals surface area contributed by atoms with E-state index in [1.54, 1.807) is 0 Å². The summed E-state index contributed by atoms with van der Waals surface area (Å²) in [5, 5.41) is 3.35. The maximum Gasteiger partial charge on any atom is 0.0952 e. The van der Waals surface area contributed by atoms with Crippen LogP contribution in [0.25, 0.3) is 0 Å². The zero-order valence-corrected chi connectivity index (χ0v) is 9.47. The van der Waals surface area contributed by atoms with E-state index in [0.717, 1.165) is 25.3 Å². The van der Waals surface area contributed by atoms with Gasteiger partial charge in [0.15, 0.2) is 0 Å². The standard InChI is InChI=1S/C13H18NO/c1-9-4-5-12(11(3)10(9)2)13-8-14-6-7-15-13/h4-5,13-14H,1,6-8H2,2-3H3. The lowest BCUT2D eigenvalue weighted by Gasteiger charge is -2.26. The largest absolute Gasteiger partial charge is 0.371 e. The molecule has 1 aliphatic heterocycles. The minimum atomic E-state index is 0.207. The smallest absolute Gasteiger partial charge is 0.0952 e.